The second kappa shape index (κ2) is 10.9. The van der Waals surface area contributed by atoms with E-state index in [1.54, 1.807) is 0 Å². The summed E-state index contributed by atoms with van der Waals surface area (Å²) >= 11 is 0. The van der Waals surface area contributed by atoms with Crippen LogP contribution in [0.5, 0.6) is 0 Å². The summed E-state index contributed by atoms with van der Waals surface area (Å²) in [6.07, 6.45) is 3.24. The van der Waals surface area contributed by atoms with E-state index in [0.29, 0.717) is 13.0 Å². The predicted molar refractivity (Wildman–Crippen MR) is 79.8 cm³/mol. The zero-order valence-corrected chi connectivity index (χ0v) is 13.0. The number of hydrogen-bond donors (Lipinski definition) is 4. The first kappa shape index (κ1) is 19.3. The van der Waals surface area contributed by atoms with Crippen molar-refractivity contribution in [3.63, 3.8) is 0 Å². The van der Waals surface area contributed by atoms with Crippen LogP contribution >= 0.6 is 0 Å². The van der Waals surface area contributed by atoms with Crippen LogP contribution < -0.4 is 5.73 Å². The summed E-state index contributed by atoms with van der Waals surface area (Å²) in [6.45, 7) is 0.177. The van der Waals surface area contributed by atoms with Crippen molar-refractivity contribution in [1.29, 1.82) is 0 Å². The van der Waals surface area contributed by atoms with Crippen molar-refractivity contribution in [3.8, 4) is 0 Å². The van der Waals surface area contributed by atoms with Gasteiger partial charge in [0.15, 0.2) is 6.29 Å². The molecule has 0 radical (unpaired) electrons. The summed E-state index contributed by atoms with van der Waals surface area (Å²) in [5.41, 5.74) is 5.07. The quantitative estimate of drug-likeness (QED) is 0.399. The topological polar surface area (TPSA) is 122 Å². The number of carbonyl (C=O) groups is 1. The number of unbranched alkanes of at least 4 members (excludes halogenated alkanes) is 5. The Balaban J connectivity index is 1.99. The Kier molecular flexibility index (Phi) is 9.58. The molecule has 1 aliphatic rings. The van der Waals surface area contributed by atoms with Crippen LogP contribution in [0.3, 0.4) is 0 Å². The fourth-order valence-corrected chi connectivity index (χ4v) is 2.50. The van der Waals surface area contributed by atoms with Crippen molar-refractivity contribution in [3.05, 3.63) is 0 Å². The van der Waals surface area contributed by atoms with Gasteiger partial charge in [0.1, 0.15) is 12.2 Å². The monoisotopic (exact) mass is 319 g/mol. The molecule has 0 saturated carbocycles. The lowest BCUT2D eigenvalue weighted by Gasteiger charge is -2.36. The van der Waals surface area contributed by atoms with Gasteiger partial charge in [0.25, 0.3) is 0 Å². The molecule has 1 saturated heterocycles. The highest BCUT2D eigenvalue weighted by molar-refractivity contribution is 5.73. The Morgan fingerprint density at radius 2 is 1.77 bits per heavy atom. The van der Waals surface area contributed by atoms with Crippen LogP contribution in [-0.2, 0) is 14.3 Å². The Morgan fingerprint density at radius 3 is 2.41 bits per heavy atom. The van der Waals surface area contributed by atoms with Crippen molar-refractivity contribution < 1.29 is 29.6 Å². The summed E-state index contributed by atoms with van der Waals surface area (Å²) in [5, 5.41) is 28.3. The lowest BCUT2D eigenvalue weighted by Crippen LogP contribution is -2.50. The summed E-state index contributed by atoms with van der Waals surface area (Å²) < 4.78 is 10.9. The molecule has 1 amide bonds. The molecule has 5 N–H and O–H groups in total. The van der Waals surface area contributed by atoms with E-state index in [1.165, 1.54) is 0 Å². The van der Waals surface area contributed by atoms with Crippen molar-refractivity contribution in [2.45, 2.75) is 76.0 Å². The maximum absolute atomic E-state index is 10.6. The highest BCUT2D eigenvalue weighted by Gasteiger charge is 2.36. The van der Waals surface area contributed by atoms with Crippen molar-refractivity contribution in [2.75, 3.05) is 13.2 Å². The van der Waals surface area contributed by atoms with Crippen LogP contribution in [0.4, 0.5) is 0 Å². The minimum atomic E-state index is -1.06. The van der Waals surface area contributed by atoms with Crippen LogP contribution in [0.25, 0.3) is 0 Å². The molecule has 0 aromatic rings. The summed E-state index contributed by atoms with van der Waals surface area (Å²) in [5.74, 6) is -0.241. The minimum Gasteiger partial charge on any atom is -0.394 e. The van der Waals surface area contributed by atoms with E-state index in [2.05, 4.69) is 0 Å². The minimum absolute atomic E-state index is 0.213. The van der Waals surface area contributed by atoms with Crippen LogP contribution in [-0.4, -0.2) is 59.0 Å². The molecular formula is C15H29NO6. The van der Waals surface area contributed by atoms with E-state index < -0.39 is 24.6 Å². The molecule has 22 heavy (non-hydrogen) atoms. The van der Waals surface area contributed by atoms with E-state index in [9.17, 15) is 15.0 Å². The number of rotatable bonds is 11. The molecular weight excluding hydrogens is 290 g/mol. The van der Waals surface area contributed by atoms with Gasteiger partial charge in [-0.05, 0) is 12.8 Å². The van der Waals surface area contributed by atoms with Crippen LogP contribution in [0, 0.1) is 0 Å². The zero-order valence-electron chi connectivity index (χ0n) is 13.0. The summed E-state index contributed by atoms with van der Waals surface area (Å²) in [6, 6.07) is 0. The molecule has 1 rings (SSSR count). The van der Waals surface area contributed by atoms with Crippen LogP contribution in [0.15, 0.2) is 0 Å². The number of aliphatic hydroxyl groups is 3. The molecule has 4 atom stereocenters. The van der Waals surface area contributed by atoms with E-state index in [0.717, 1.165) is 38.5 Å². The van der Waals surface area contributed by atoms with Crippen molar-refractivity contribution in [1.82, 2.24) is 0 Å². The molecule has 3 unspecified atom stereocenters. The Morgan fingerprint density at radius 1 is 1.14 bits per heavy atom. The maximum atomic E-state index is 10.6. The summed E-state index contributed by atoms with van der Waals surface area (Å²) in [4.78, 5) is 10.6. The Bertz CT molecular complexity index is 314. The van der Waals surface area contributed by atoms with Crippen molar-refractivity contribution >= 4 is 5.91 Å². The number of aliphatic hydroxyl groups excluding tert-OH is 3. The highest BCUT2D eigenvalue weighted by atomic mass is 16.7. The van der Waals surface area contributed by atoms with Crippen molar-refractivity contribution in [2.24, 2.45) is 5.73 Å². The molecule has 0 bridgehead atoms. The zero-order chi connectivity index (χ0) is 16.4. The summed E-state index contributed by atoms with van der Waals surface area (Å²) in [7, 11) is 0. The molecule has 0 spiro atoms. The second-order valence-corrected chi connectivity index (χ2v) is 5.79. The highest BCUT2D eigenvalue weighted by Crippen LogP contribution is 2.21. The fourth-order valence-electron chi connectivity index (χ4n) is 2.50. The van der Waals surface area contributed by atoms with Gasteiger partial charge in [-0.3, -0.25) is 4.79 Å². The van der Waals surface area contributed by atoms with E-state index >= 15 is 0 Å². The van der Waals surface area contributed by atoms with Gasteiger partial charge >= 0.3 is 0 Å². The standard InChI is InChI=1S/C15H29NO6/c16-13(19)7-5-3-1-2-4-6-8-21-14-9-11(18)15(20)12(10-17)22-14/h11-12,14-15,17-18,20H,1-10H2,(H2,16,19)/t11-,12?,14?,15?/m1/s1. The van der Waals surface area contributed by atoms with Gasteiger partial charge in [0.2, 0.25) is 5.91 Å². The molecule has 1 aliphatic heterocycles. The van der Waals surface area contributed by atoms with Gasteiger partial charge in [0.05, 0.1) is 12.7 Å². The molecule has 0 aromatic carbocycles. The van der Waals surface area contributed by atoms with E-state index in [1.807, 2.05) is 0 Å². The lowest BCUT2D eigenvalue weighted by atomic mass is 10.0. The maximum Gasteiger partial charge on any atom is 0.217 e. The largest absolute Gasteiger partial charge is 0.394 e. The van der Waals surface area contributed by atoms with Crippen LogP contribution in [0.1, 0.15) is 51.4 Å². The Labute approximate surface area is 131 Å². The second-order valence-electron chi connectivity index (χ2n) is 5.79. The van der Waals surface area contributed by atoms with Gasteiger partial charge in [0, 0.05) is 19.4 Å². The SMILES string of the molecule is NC(=O)CCCCCCCCOC1C[C@@H](O)C(O)C(CO)O1. The molecule has 0 aliphatic carbocycles. The van der Waals surface area contributed by atoms with Gasteiger partial charge < -0.3 is 30.5 Å². The van der Waals surface area contributed by atoms with Gasteiger partial charge in [-0.2, -0.15) is 0 Å². The first-order valence-electron chi connectivity index (χ1n) is 8.07. The first-order valence-corrected chi connectivity index (χ1v) is 8.07. The van der Waals surface area contributed by atoms with Gasteiger partial charge in [-0.15, -0.1) is 0 Å². The Hall–Kier alpha value is -0.730. The number of primary amides is 1. The normalized spacial score (nSPS) is 28.7. The van der Waals surface area contributed by atoms with Crippen LogP contribution in [0.2, 0.25) is 0 Å². The number of ether oxygens (including phenoxy) is 2. The average Bonchev–Trinajstić information content (AvgIpc) is 2.48. The third-order valence-electron chi connectivity index (χ3n) is 3.84. The molecule has 7 nitrogen and oxygen atoms in total. The van der Waals surface area contributed by atoms with E-state index in [-0.39, 0.29) is 18.9 Å². The molecule has 1 heterocycles. The lowest BCUT2D eigenvalue weighted by molar-refractivity contribution is -0.256. The number of amides is 1. The third-order valence-corrected chi connectivity index (χ3v) is 3.84. The molecule has 0 aromatic heterocycles. The average molecular weight is 319 g/mol. The fraction of sp³-hybridized carbons (Fsp3) is 0.933. The predicted octanol–water partition coefficient (Wildman–Crippen LogP) is 0.0481. The molecule has 130 valence electrons. The first-order chi connectivity index (χ1) is 10.5. The third kappa shape index (κ3) is 7.51. The molecule has 7 heteroatoms. The number of nitrogens with two attached hydrogens (primary N) is 1. The molecule has 1 fully saturated rings. The van der Waals surface area contributed by atoms with Gasteiger partial charge in [-0.25, -0.2) is 0 Å². The number of carbonyl (C=O) groups excluding carboxylic acids is 1. The van der Waals surface area contributed by atoms with E-state index in [4.69, 9.17) is 20.3 Å². The van der Waals surface area contributed by atoms with Gasteiger partial charge in [-0.1, -0.05) is 25.7 Å². The smallest absolute Gasteiger partial charge is 0.217 e. The number of hydrogen-bond acceptors (Lipinski definition) is 6.